The Balaban J connectivity index is 1.30. The first kappa shape index (κ1) is 36.4. The number of unbranched alkanes of at least 4 members (excludes halogenated alkanes) is 4. The lowest BCUT2D eigenvalue weighted by atomic mass is 10.0. The normalized spacial score (nSPS) is 10.7. The number of hydrogen-bond acceptors (Lipinski definition) is 8. The molecule has 0 amide bonds. The Labute approximate surface area is 277 Å². The Hall–Kier alpha value is -5.11. The molecule has 0 saturated carbocycles. The minimum absolute atomic E-state index is 0.100. The van der Waals surface area contributed by atoms with Crippen LogP contribution in [0.3, 0.4) is 0 Å². The van der Waals surface area contributed by atoms with Crippen LogP contribution in [0.15, 0.2) is 97.6 Å². The predicted octanol–water partition coefficient (Wildman–Crippen LogP) is 8.01. The highest BCUT2D eigenvalue weighted by Gasteiger charge is 2.13. The molecular formula is C39H44O8. The van der Waals surface area contributed by atoms with Crippen molar-refractivity contribution in [2.45, 2.75) is 44.9 Å². The van der Waals surface area contributed by atoms with Crippen LogP contribution in [0.5, 0.6) is 11.5 Å². The zero-order valence-electron chi connectivity index (χ0n) is 27.1. The van der Waals surface area contributed by atoms with E-state index >= 15 is 0 Å². The minimum atomic E-state index is -0.559. The van der Waals surface area contributed by atoms with E-state index in [4.69, 9.17) is 18.9 Å². The third-order valence-corrected chi connectivity index (χ3v) is 7.08. The van der Waals surface area contributed by atoms with E-state index in [0.717, 1.165) is 78.4 Å². The second-order valence-electron chi connectivity index (χ2n) is 10.7. The summed E-state index contributed by atoms with van der Waals surface area (Å²) in [4.78, 5) is 34.0. The SMILES string of the molecule is C=CC(=O)OCCCCOc1ccc(/C=C/c2ccc(-c3ccc(OCCCCCCOC(=O)C(=C)CC(=O)OC)cc3)cc2)cc1. The molecular weight excluding hydrogens is 596 g/mol. The summed E-state index contributed by atoms with van der Waals surface area (Å²) in [5.74, 6) is 0.166. The van der Waals surface area contributed by atoms with Gasteiger partial charge < -0.3 is 23.7 Å². The van der Waals surface area contributed by atoms with Crippen molar-refractivity contribution in [2.24, 2.45) is 0 Å². The van der Waals surface area contributed by atoms with Gasteiger partial charge in [0.05, 0.1) is 40.0 Å². The number of methoxy groups -OCH3 is 1. The number of esters is 3. The lowest BCUT2D eigenvalue weighted by molar-refractivity contribution is -0.144. The summed E-state index contributed by atoms with van der Waals surface area (Å²) in [7, 11) is 1.26. The molecule has 248 valence electrons. The third kappa shape index (κ3) is 14.2. The fourth-order valence-electron chi connectivity index (χ4n) is 4.36. The quantitative estimate of drug-likeness (QED) is 0.0380. The van der Waals surface area contributed by atoms with Crippen LogP contribution < -0.4 is 9.47 Å². The monoisotopic (exact) mass is 640 g/mol. The largest absolute Gasteiger partial charge is 0.494 e. The van der Waals surface area contributed by atoms with E-state index in [1.165, 1.54) is 7.11 Å². The molecule has 0 saturated heterocycles. The van der Waals surface area contributed by atoms with E-state index in [0.29, 0.717) is 26.4 Å². The lowest BCUT2D eigenvalue weighted by Gasteiger charge is -2.08. The average Bonchev–Trinajstić information content (AvgIpc) is 3.10. The Bertz CT molecular complexity index is 1450. The molecule has 0 aromatic heterocycles. The van der Waals surface area contributed by atoms with Crippen LogP contribution >= 0.6 is 0 Å². The molecule has 0 spiro atoms. The van der Waals surface area contributed by atoms with E-state index in [2.05, 4.69) is 66.4 Å². The van der Waals surface area contributed by atoms with Gasteiger partial charge in [-0.1, -0.05) is 73.8 Å². The van der Waals surface area contributed by atoms with Gasteiger partial charge in [-0.2, -0.15) is 0 Å². The number of carbonyl (C=O) groups excluding carboxylic acids is 3. The molecule has 0 aliphatic rings. The molecule has 0 unspecified atom stereocenters. The van der Waals surface area contributed by atoms with Crippen molar-refractivity contribution < 1.29 is 38.1 Å². The van der Waals surface area contributed by atoms with Crippen LogP contribution in [0.4, 0.5) is 0 Å². The standard InChI is InChI=1S/C39H44O8/c1-4-37(40)46-27-10-9-26-45-35-21-15-32(16-22-35)12-11-31-13-17-33(18-14-31)34-19-23-36(24-20-34)44-25-7-5-6-8-28-47-39(42)30(2)29-38(41)43-3/h4,11-24H,1-2,5-10,25-29H2,3H3/b12-11+. The van der Waals surface area contributed by atoms with E-state index in [-0.39, 0.29) is 12.0 Å². The van der Waals surface area contributed by atoms with Crippen LogP contribution in [0.2, 0.25) is 0 Å². The van der Waals surface area contributed by atoms with Gasteiger partial charge in [-0.15, -0.1) is 0 Å². The van der Waals surface area contributed by atoms with Crippen molar-refractivity contribution in [1.82, 2.24) is 0 Å². The van der Waals surface area contributed by atoms with Gasteiger partial charge in [0.2, 0.25) is 0 Å². The Morgan fingerprint density at radius 2 is 1.06 bits per heavy atom. The van der Waals surface area contributed by atoms with Crippen molar-refractivity contribution in [3.05, 3.63) is 109 Å². The van der Waals surface area contributed by atoms with Gasteiger partial charge in [-0.3, -0.25) is 4.79 Å². The Morgan fingerprint density at radius 1 is 0.617 bits per heavy atom. The van der Waals surface area contributed by atoms with Crippen LogP contribution in [0.25, 0.3) is 23.3 Å². The maximum absolute atomic E-state index is 11.8. The van der Waals surface area contributed by atoms with Crippen LogP contribution in [-0.2, 0) is 28.6 Å². The van der Waals surface area contributed by atoms with Gasteiger partial charge in [0, 0.05) is 11.6 Å². The fraction of sp³-hybridized carbons (Fsp3) is 0.308. The average molecular weight is 641 g/mol. The lowest BCUT2D eigenvalue weighted by Crippen LogP contribution is -2.12. The van der Waals surface area contributed by atoms with Crippen LogP contribution in [0, 0.1) is 0 Å². The smallest absolute Gasteiger partial charge is 0.333 e. The summed E-state index contributed by atoms with van der Waals surface area (Å²) in [6, 6.07) is 24.4. The van der Waals surface area contributed by atoms with Crippen molar-refractivity contribution in [1.29, 1.82) is 0 Å². The second-order valence-corrected chi connectivity index (χ2v) is 10.7. The van der Waals surface area contributed by atoms with Gasteiger partial charge in [-0.25, -0.2) is 9.59 Å². The molecule has 0 atom stereocenters. The highest BCUT2D eigenvalue weighted by atomic mass is 16.5. The number of hydrogen-bond donors (Lipinski definition) is 0. The first-order valence-corrected chi connectivity index (χ1v) is 15.8. The van der Waals surface area contributed by atoms with Gasteiger partial charge in [0.25, 0.3) is 0 Å². The van der Waals surface area contributed by atoms with E-state index in [9.17, 15) is 14.4 Å². The van der Waals surface area contributed by atoms with Crippen LogP contribution in [-0.4, -0.2) is 51.4 Å². The molecule has 3 aromatic carbocycles. The molecule has 0 aliphatic carbocycles. The van der Waals surface area contributed by atoms with Crippen molar-refractivity contribution >= 4 is 30.1 Å². The molecule has 0 aliphatic heterocycles. The first-order valence-electron chi connectivity index (χ1n) is 15.8. The minimum Gasteiger partial charge on any atom is -0.494 e. The van der Waals surface area contributed by atoms with Crippen molar-refractivity contribution in [2.75, 3.05) is 33.5 Å². The Kier molecular flexibility index (Phi) is 16.1. The molecule has 0 bridgehead atoms. The maximum atomic E-state index is 11.8. The van der Waals surface area contributed by atoms with Crippen molar-refractivity contribution in [3.63, 3.8) is 0 Å². The zero-order valence-corrected chi connectivity index (χ0v) is 27.1. The van der Waals surface area contributed by atoms with Gasteiger partial charge in [0.1, 0.15) is 11.5 Å². The molecule has 0 fully saturated rings. The van der Waals surface area contributed by atoms with E-state index in [1.54, 1.807) is 0 Å². The highest BCUT2D eigenvalue weighted by molar-refractivity contribution is 5.93. The number of rotatable bonds is 21. The number of ether oxygens (including phenoxy) is 5. The predicted molar refractivity (Wildman–Crippen MR) is 184 cm³/mol. The summed E-state index contributed by atoms with van der Waals surface area (Å²) in [6.45, 7) is 8.78. The van der Waals surface area contributed by atoms with Crippen LogP contribution in [0.1, 0.15) is 56.1 Å². The van der Waals surface area contributed by atoms with Gasteiger partial charge in [-0.05, 0) is 85.0 Å². The van der Waals surface area contributed by atoms with Gasteiger partial charge in [0.15, 0.2) is 0 Å². The molecule has 47 heavy (non-hydrogen) atoms. The molecule has 0 radical (unpaired) electrons. The summed E-state index contributed by atoms with van der Waals surface area (Å²) in [6.07, 6.45) is 10.2. The highest BCUT2D eigenvalue weighted by Crippen LogP contribution is 2.24. The first-order chi connectivity index (χ1) is 22.9. The fourth-order valence-corrected chi connectivity index (χ4v) is 4.36. The number of carbonyl (C=O) groups is 3. The third-order valence-electron chi connectivity index (χ3n) is 7.08. The van der Waals surface area contributed by atoms with Gasteiger partial charge >= 0.3 is 17.9 Å². The maximum Gasteiger partial charge on any atom is 0.333 e. The molecule has 3 rings (SSSR count). The summed E-state index contributed by atoms with van der Waals surface area (Å²) in [5.41, 5.74) is 4.53. The topological polar surface area (TPSA) is 97.4 Å². The van der Waals surface area contributed by atoms with E-state index < -0.39 is 17.9 Å². The number of benzene rings is 3. The van der Waals surface area contributed by atoms with Crippen molar-refractivity contribution in [3.8, 4) is 22.6 Å². The summed E-state index contributed by atoms with van der Waals surface area (Å²) in [5, 5.41) is 0. The van der Waals surface area contributed by atoms with E-state index in [1.807, 2.05) is 36.4 Å². The Morgan fingerprint density at radius 3 is 1.62 bits per heavy atom. The molecule has 8 nitrogen and oxygen atoms in total. The molecule has 0 N–H and O–H groups in total. The molecule has 0 heterocycles. The molecule has 3 aromatic rings. The molecule has 8 heteroatoms. The zero-order chi connectivity index (χ0) is 33.7. The second kappa shape index (κ2) is 20.8. The summed E-state index contributed by atoms with van der Waals surface area (Å²) < 4.78 is 26.3. The summed E-state index contributed by atoms with van der Waals surface area (Å²) >= 11 is 0.